The summed E-state index contributed by atoms with van der Waals surface area (Å²) in [5.74, 6) is -0.251. The number of benzene rings is 1. The van der Waals surface area contributed by atoms with Crippen LogP contribution < -0.4 is 16.4 Å². The van der Waals surface area contributed by atoms with Gasteiger partial charge in [-0.25, -0.2) is 0 Å². The van der Waals surface area contributed by atoms with Gasteiger partial charge in [0.15, 0.2) is 0 Å². The standard InChI is InChI=1S/C16H23N3O3/c1-2-4-14(20)18-12-5-3-6-13(11-12)19-15(21)16(17)7-9-22-10-8-16/h3,5-6,11H,2,4,7-10,17H2,1H3,(H,18,20)(H,19,21). The number of carbonyl (C=O) groups is 2. The highest BCUT2D eigenvalue weighted by atomic mass is 16.5. The first kappa shape index (κ1) is 16.5. The van der Waals surface area contributed by atoms with E-state index in [-0.39, 0.29) is 11.8 Å². The third-order valence-corrected chi connectivity index (χ3v) is 3.72. The zero-order valence-corrected chi connectivity index (χ0v) is 12.9. The van der Waals surface area contributed by atoms with Crippen molar-refractivity contribution in [3.63, 3.8) is 0 Å². The number of nitrogens with one attached hydrogen (secondary N) is 2. The van der Waals surface area contributed by atoms with E-state index >= 15 is 0 Å². The summed E-state index contributed by atoms with van der Waals surface area (Å²) >= 11 is 0. The van der Waals surface area contributed by atoms with Gasteiger partial charge in [-0.2, -0.15) is 0 Å². The smallest absolute Gasteiger partial charge is 0.244 e. The van der Waals surface area contributed by atoms with E-state index in [1.807, 2.05) is 6.92 Å². The van der Waals surface area contributed by atoms with Crippen molar-refractivity contribution in [1.82, 2.24) is 0 Å². The Kier molecular flexibility index (Phi) is 5.51. The molecule has 0 unspecified atom stereocenters. The fraction of sp³-hybridized carbons (Fsp3) is 0.500. The lowest BCUT2D eigenvalue weighted by Crippen LogP contribution is -2.54. The van der Waals surface area contributed by atoms with Crippen LogP contribution in [0.2, 0.25) is 0 Å². The molecular formula is C16H23N3O3. The molecule has 0 aromatic heterocycles. The summed E-state index contributed by atoms with van der Waals surface area (Å²) in [6, 6.07) is 7.07. The molecule has 1 saturated heterocycles. The predicted octanol–water partition coefficient (Wildman–Crippen LogP) is 1.87. The molecule has 0 bridgehead atoms. The Morgan fingerprint density at radius 1 is 1.23 bits per heavy atom. The quantitative estimate of drug-likeness (QED) is 0.774. The van der Waals surface area contributed by atoms with Crippen LogP contribution in [0.4, 0.5) is 11.4 Å². The van der Waals surface area contributed by atoms with Crippen LogP contribution in [0.25, 0.3) is 0 Å². The molecule has 6 nitrogen and oxygen atoms in total. The van der Waals surface area contributed by atoms with Gasteiger partial charge in [0.2, 0.25) is 11.8 Å². The summed E-state index contributed by atoms with van der Waals surface area (Å²) in [4.78, 5) is 24.0. The maximum Gasteiger partial charge on any atom is 0.244 e. The average Bonchev–Trinajstić information content (AvgIpc) is 2.48. The molecule has 0 aliphatic carbocycles. The summed E-state index contributed by atoms with van der Waals surface area (Å²) in [7, 11) is 0. The van der Waals surface area contributed by atoms with Gasteiger partial charge in [-0.3, -0.25) is 9.59 Å². The van der Waals surface area contributed by atoms with Crippen molar-refractivity contribution in [2.45, 2.75) is 38.1 Å². The molecule has 1 heterocycles. The SMILES string of the molecule is CCCC(=O)Nc1cccc(NC(=O)C2(N)CCOCC2)c1. The van der Waals surface area contributed by atoms with Gasteiger partial charge >= 0.3 is 0 Å². The van der Waals surface area contributed by atoms with E-state index in [0.717, 1.165) is 6.42 Å². The highest BCUT2D eigenvalue weighted by molar-refractivity contribution is 5.99. The van der Waals surface area contributed by atoms with Gasteiger partial charge in [-0.15, -0.1) is 0 Å². The lowest BCUT2D eigenvalue weighted by molar-refractivity contribution is -0.124. The van der Waals surface area contributed by atoms with Crippen LogP contribution in [0.1, 0.15) is 32.6 Å². The largest absolute Gasteiger partial charge is 0.381 e. The third kappa shape index (κ3) is 4.29. The number of rotatable bonds is 5. The Balaban J connectivity index is 2.00. The van der Waals surface area contributed by atoms with Crippen LogP contribution in [0.15, 0.2) is 24.3 Å². The number of amides is 2. The van der Waals surface area contributed by atoms with Crippen molar-refractivity contribution >= 4 is 23.2 Å². The Morgan fingerprint density at radius 2 is 1.86 bits per heavy atom. The van der Waals surface area contributed by atoms with Crippen molar-refractivity contribution < 1.29 is 14.3 Å². The summed E-state index contributed by atoms with van der Waals surface area (Å²) in [5, 5.41) is 5.63. The molecule has 1 aromatic carbocycles. The minimum atomic E-state index is -0.889. The summed E-state index contributed by atoms with van der Waals surface area (Å²) in [6.45, 7) is 2.94. The fourth-order valence-electron chi connectivity index (χ4n) is 2.34. The number of carbonyl (C=O) groups excluding carboxylic acids is 2. The van der Waals surface area contributed by atoms with E-state index in [2.05, 4.69) is 10.6 Å². The third-order valence-electron chi connectivity index (χ3n) is 3.72. The lowest BCUT2D eigenvalue weighted by Gasteiger charge is -2.31. The second kappa shape index (κ2) is 7.38. The molecule has 0 spiro atoms. The molecule has 0 saturated carbocycles. The van der Waals surface area contributed by atoms with Gasteiger partial charge in [0.25, 0.3) is 0 Å². The monoisotopic (exact) mass is 305 g/mol. The first-order valence-corrected chi connectivity index (χ1v) is 7.61. The van der Waals surface area contributed by atoms with Gasteiger partial charge < -0.3 is 21.1 Å². The van der Waals surface area contributed by atoms with E-state index in [0.29, 0.717) is 43.9 Å². The van der Waals surface area contributed by atoms with Crippen molar-refractivity contribution in [1.29, 1.82) is 0 Å². The van der Waals surface area contributed by atoms with Gasteiger partial charge in [-0.05, 0) is 37.5 Å². The molecule has 1 aliphatic heterocycles. The van der Waals surface area contributed by atoms with E-state index in [1.165, 1.54) is 0 Å². The van der Waals surface area contributed by atoms with Crippen molar-refractivity contribution in [3.8, 4) is 0 Å². The molecule has 0 atom stereocenters. The molecular weight excluding hydrogens is 282 g/mol. The van der Waals surface area contributed by atoms with Crippen molar-refractivity contribution in [2.75, 3.05) is 23.8 Å². The van der Waals surface area contributed by atoms with Crippen molar-refractivity contribution in [3.05, 3.63) is 24.3 Å². The number of nitrogens with two attached hydrogens (primary N) is 1. The van der Waals surface area contributed by atoms with Gasteiger partial charge in [0.05, 0.1) is 0 Å². The molecule has 22 heavy (non-hydrogen) atoms. The number of hydrogen-bond donors (Lipinski definition) is 3. The molecule has 2 amide bonds. The topological polar surface area (TPSA) is 93.5 Å². The number of anilines is 2. The number of hydrogen-bond acceptors (Lipinski definition) is 4. The molecule has 120 valence electrons. The van der Waals surface area contributed by atoms with Gasteiger partial charge in [0, 0.05) is 31.0 Å². The van der Waals surface area contributed by atoms with Crippen LogP contribution >= 0.6 is 0 Å². The maximum absolute atomic E-state index is 12.3. The zero-order chi connectivity index (χ0) is 16.0. The molecule has 2 rings (SSSR count). The van der Waals surface area contributed by atoms with Crippen LogP contribution in [-0.4, -0.2) is 30.6 Å². The summed E-state index contributed by atoms with van der Waals surface area (Å²) < 4.78 is 5.24. The molecule has 0 radical (unpaired) electrons. The molecule has 1 fully saturated rings. The molecule has 1 aromatic rings. The second-order valence-electron chi connectivity index (χ2n) is 5.60. The van der Waals surface area contributed by atoms with Crippen molar-refractivity contribution in [2.24, 2.45) is 5.73 Å². The predicted molar refractivity (Wildman–Crippen MR) is 85.6 cm³/mol. The molecule has 4 N–H and O–H groups in total. The van der Waals surface area contributed by atoms with Crippen LogP contribution in [-0.2, 0) is 14.3 Å². The van der Waals surface area contributed by atoms with Gasteiger partial charge in [0.1, 0.15) is 5.54 Å². The van der Waals surface area contributed by atoms with Crippen LogP contribution in [0.3, 0.4) is 0 Å². The van der Waals surface area contributed by atoms with E-state index in [4.69, 9.17) is 10.5 Å². The Labute approximate surface area is 130 Å². The highest BCUT2D eigenvalue weighted by Crippen LogP contribution is 2.21. The van der Waals surface area contributed by atoms with E-state index in [9.17, 15) is 9.59 Å². The Morgan fingerprint density at radius 3 is 2.50 bits per heavy atom. The van der Waals surface area contributed by atoms with Gasteiger partial charge in [-0.1, -0.05) is 13.0 Å². The lowest BCUT2D eigenvalue weighted by atomic mass is 9.90. The minimum absolute atomic E-state index is 0.0364. The fourth-order valence-corrected chi connectivity index (χ4v) is 2.34. The van der Waals surface area contributed by atoms with E-state index in [1.54, 1.807) is 24.3 Å². The van der Waals surface area contributed by atoms with Crippen LogP contribution in [0.5, 0.6) is 0 Å². The normalized spacial score (nSPS) is 16.8. The highest BCUT2D eigenvalue weighted by Gasteiger charge is 2.35. The zero-order valence-electron chi connectivity index (χ0n) is 12.9. The first-order chi connectivity index (χ1) is 10.5. The average molecular weight is 305 g/mol. The summed E-state index contributed by atoms with van der Waals surface area (Å²) in [6.07, 6.45) is 2.28. The van der Waals surface area contributed by atoms with E-state index < -0.39 is 5.54 Å². The Bertz CT molecular complexity index is 539. The second-order valence-corrected chi connectivity index (χ2v) is 5.60. The first-order valence-electron chi connectivity index (χ1n) is 7.61. The minimum Gasteiger partial charge on any atom is -0.381 e. The molecule has 6 heteroatoms. The van der Waals surface area contributed by atoms with Crippen LogP contribution in [0, 0.1) is 0 Å². The maximum atomic E-state index is 12.3. The molecule has 1 aliphatic rings. The Hall–Kier alpha value is -1.92. The number of ether oxygens (including phenoxy) is 1. The summed E-state index contributed by atoms with van der Waals surface area (Å²) in [5.41, 5.74) is 6.54.